The lowest BCUT2D eigenvalue weighted by Gasteiger charge is -2.28. The second-order valence-electron chi connectivity index (χ2n) is 4.52. The van der Waals surface area contributed by atoms with Crippen LogP contribution in [0.5, 0.6) is 0 Å². The highest BCUT2D eigenvalue weighted by molar-refractivity contribution is 5.88. The topological polar surface area (TPSA) is 29.5 Å². The molecule has 1 heterocycles. The lowest BCUT2D eigenvalue weighted by Crippen LogP contribution is -2.31. The number of ether oxygens (including phenoxy) is 1. The van der Waals surface area contributed by atoms with Gasteiger partial charge < -0.3 is 9.64 Å². The van der Waals surface area contributed by atoms with Gasteiger partial charge in [-0.3, -0.25) is 4.79 Å². The predicted octanol–water partition coefficient (Wildman–Crippen LogP) is 2.27. The van der Waals surface area contributed by atoms with Gasteiger partial charge in [0.2, 0.25) is 0 Å². The molecule has 0 bridgehead atoms. The van der Waals surface area contributed by atoms with Crippen molar-refractivity contribution >= 4 is 5.78 Å². The Morgan fingerprint density at radius 3 is 3.00 bits per heavy atom. The number of hydrogen-bond acceptors (Lipinski definition) is 3. The molecular formula is C14H19NO2. The van der Waals surface area contributed by atoms with Crippen molar-refractivity contribution in [3.8, 4) is 0 Å². The van der Waals surface area contributed by atoms with Crippen molar-refractivity contribution in [2.75, 3.05) is 13.7 Å². The SMILES string of the molecule is CCN1/C(=C/C(C)=O)CC2C=CC(OC)=CC21. The quantitative estimate of drug-likeness (QED) is 0.700. The number of methoxy groups -OCH3 is 1. The Morgan fingerprint density at radius 1 is 1.65 bits per heavy atom. The molecule has 0 N–H and O–H groups in total. The fourth-order valence-electron chi connectivity index (χ4n) is 2.67. The van der Waals surface area contributed by atoms with Gasteiger partial charge in [-0.25, -0.2) is 0 Å². The van der Waals surface area contributed by atoms with Gasteiger partial charge in [0.05, 0.1) is 13.2 Å². The number of hydrogen-bond donors (Lipinski definition) is 0. The fourth-order valence-corrected chi connectivity index (χ4v) is 2.67. The monoisotopic (exact) mass is 233 g/mol. The number of allylic oxidation sites excluding steroid dienone is 3. The molecule has 1 saturated heterocycles. The number of likely N-dealkylation sites (N-methyl/N-ethyl adjacent to an activating group) is 1. The number of carbonyl (C=O) groups is 1. The number of nitrogens with zero attached hydrogens (tertiary/aromatic N) is 1. The zero-order chi connectivity index (χ0) is 12.4. The number of ketones is 1. The standard InChI is InChI=1S/C14H19NO2/c1-4-15-12(7-10(2)16)8-11-5-6-13(17-3)9-14(11)15/h5-7,9,11,14H,4,8H2,1-3H3/b12-7+. The summed E-state index contributed by atoms with van der Waals surface area (Å²) in [6, 6.07) is 0.338. The van der Waals surface area contributed by atoms with Crippen molar-refractivity contribution in [1.29, 1.82) is 0 Å². The maximum Gasteiger partial charge on any atom is 0.154 e. The summed E-state index contributed by atoms with van der Waals surface area (Å²) in [5.41, 5.74) is 1.15. The van der Waals surface area contributed by atoms with Crippen LogP contribution in [0.3, 0.4) is 0 Å². The van der Waals surface area contributed by atoms with Crippen molar-refractivity contribution in [2.24, 2.45) is 5.92 Å². The molecule has 92 valence electrons. The molecule has 0 spiro atoms. The molecule has 3 nitrogen and oxygen atoms in total. The zero-order valence-electron chi connectivity index (χ0n) is 10.6. The summed E-state index contributed by atoms with van der Waals surface area (Å²) in [4.78, 5) is 13.5. The van der Waals surface area contributed by atoms with Crippen LogP contribution in [0.4, 0.5) is 0 Å². The minimum atomic E-state index is 0.122. The van der Waals surface area contributed by atoms with Crippen LogP contribution in [0.15, 0.2) is 35.8 Å². The first-order valence-electron chi connectivity index (χ1n) is 6.07. The highest BCUT2D eigenvalue weighted by atomic mass is 16.5. The average molecular weight is 233 g/mol. The van der Waals surface area contributed by atoms with Gasteiger partial charge in [-0.1, -0.05) is 6.08 Å². The highest BCUT2D eigenvalue weighted by Gasteiger charge is 2.35. The lowest BCUT2D eigenvalue weighted by atomic mass is 9.95. The molecule has 1 aliphatic carbocycles. The fraction of sp³-hybridized carbons (Fsp3) is 0.500. The number of carbonyl (C=O) groups excluding carboxylic acids is 1. The van der Waals surface area contributed by atoms with Gasteiger partial charge in [0.1, 0.15) is 5.76 Å². The average Bonchev–Trinajstić information content (AvgIpc) is 2.63. The zero-order valence-corrected chi connectivity index (χ0v) is 10.6. The highest BCUT2D eigenvalue weighted by Crippen LogP contribution is 2.37. The largest absolute Gasteiger partial charge is 0.497 e. The third-order valence-corrected chi connectivity index (χ3v) is 3.40. The van der Waals surface area contributed by atoms with Crippen LogP contribution in [0, 0.1) is 5.92 Å². The van der Waals surface area contributed by atoms with Crippen LogP contribution in [-0.4, -0.2) is 30.4 Å². The van der Waals surface area contributed by atoms with E-state index in [1.54, 1.807) is 20.1 Å². The van der Waals surface area contributed by atoms with Crippen LogP contribution >= 0.6 is 0 Å². The van der Waals surface area contributed by atoms with Gasteiger partial charge in [-0.15, -0.1) is 0 Å². The molecule has 2 unspecified atom stereocenters. The smallest absolute Gasteiger partial charge is 0.154 e. The Morgan fingerprint density at radius 2 is 2.41 bits per heavy atom. The number of rotatable bonds is 3. The van der Waals surface area contributed by atoms with Crippen LogP contribution in [0.25, 0.3) is 0 Å². The first-order chi connectivity index (χ1) is 8.15. The summed E-state index contributed by atoms with van der Waals surface area (Å²) in [5, 5.41) is 0. The Bertz CT molecular complexity index is 406. The lowest BCUT2D eigenvalue weighted by molar-refractivity contribution is -0.112. The van der Waals surface area contributed by atoms with E-state index in [2.05, 4.69) is 24.0 Å². The molecule has 3 heteroatoms. The molecule has 0 aromatic carbocycles. The molecule has 0 aromatic heterocycles. The molecule has 17 heavy (non-hydrogen) atoms. The van der Waals surface area contributed by atoms with Crippen LogP contribution in [0.2, 0.25) is 0 Å². The third kappa shape index (κ3) is 2.28. The van der Waals surface area contributed by atoms with E-state index >= 15 is 0 Å². The molecule has 2 aliphatic rings. The van der Waals surface area contributed by atoms with Crippen LogP contribution in [0.1, 0.15) is 20.3 Å². The Hall–Kier alpha value is -1.51. The van der Waals surface area contributed by atoms with Crippen LogP contribution in [-0.2, 0) is 9.53 Å². The first-order valence-corrected chi connectivity index (χ1v) is 6.07. The van der Waals surface area contributed by atoms with Gasteiger partial charge in [0, 0.05) is 18.2 Å². The molecular weight excluding hydrogens is 214 g/mol. The second-order valence-corrected chi connectivity index (χ2v) is 4.52. The molecule has 1 aliphatic heterocycles. The Kier molecular flexibility index (Phi) is 3.36. The summed E-state index contributed by atoms with van der Waals surface area (Å²) < 4.78 is 5.27. The molecule has 0 aromatic rings. The van der Waals surface area contributed by atoms with E-state index in [4.69, 9.17) is 4.74 Å². The predicted molar refractivity (Wildman–Crippen MR) is 67.3 cm³/mol. The number of likely N-dealkylation sites (tertiary alicyclic amines) is 1. The minimum absolute atomic E-state index is 0.122. The molecule has 2 rings (SSSR count). The summed E-state index contributed by atoms with van der Waals surface area (Å²) in [7, 11) is 1.69. The second kappa shape index (κ2) is 4.78. The van der Waals surface area contributed by atoms with Crippen molar-refractivity contribution in [2.45, 2.75) is 26.3 Å². The van der Waals surface area contributed by atoms with E-state index in [0.29, 0.717) is 12.0 Å². The number of fused-ring (bicyclic) bond motifs is 1. The molecule has 2 atom stereocenters. The van der Waals surface area contributed by atoms with E-state index in [0.717, 1.165) is 24.4 Å². The summed E-state index contributed by atoms with van der Waals surface area (Å²) in [5.74, 6) is 1.50. The van der Waals surface area contributed by atoms with Crippen molar-refractivity contribution in [1.82, 2.24) is 4.90 Å². The van der Waals surface area contributed by atoms with E-state index in [9.17, 15) is 4.79 Å². The molecule has 1 fully saturated rings. The van der Waals surface area contributed by atoms with Crippen molar-refractivity contribution in [3.63, 3.8) is 0 Å². The van der Waals surface area contributed by atoms with E-state index in [1.807, 2.05) is 6.08 Å². The van der Waals surface area contributed by atoms with Gasteiger partial charge in [-0.2, -0.15) is 0 Å². The van der Waals surface area contributed by atoms with E-state index < -0.39 is 0 Å². The Balaban J connectivity index is 2.27. The minimum Gasteiger partial charge on any atom is -0.497 e. The van der Waals surface area contributed by atoms with Gasteiger partial charge in [0.25, 0.3) is 0 Å². The summed E-state index contributed by atoms with van der Waals surface area (Å²) >= 11 is 0. The molecule has 0 amide bonds. The normalized spacial score (nSPS) is 29.2. The van der Waals surface area contributed by atoms with Gasteiger partial charge >= 0.3 is 0 Å². The van der Waals surface area contributed by atoms with Gasteiger partial charge in [-0.05, 0) is 38.5 Å². The van der Waals surface area contributed by atoms with Crippen LogP contribution < -0.4 is 0 Å². The van der Waals surface area contributed by atoms with E-state index in [1.165, 1.54) is 0 Å². The van der Waals surface area contributed by atoms with Crippen molar-refractivity contribution < 1.29 is 9.53 Å². The summed E-state index contributed by atoms with van der Waals surface area (Å²) in [6.45, 7) is 4.64. The van der Waals surface area contributed by atoms with Crippen molar-refractivity contribution in [3.05, 3.63) is 35.8 Å². The third-order valence-electron chi connectivity index (χ3n) is 3.40. The first kappa shape index (κ1) is 12.0. The molecule has 0 radical (unpaired) electrons. The summed E-state index contributed by atoms with van der Waals surface area (Å²) in [6.07, 6.45) is 9.06. The molecule has 0 saturated carbocycles. The Labute approximate surface area is 102 Å². The maximum absolute atomic E-state index is 11.2. The van der Waals surface area contributed by atoms with Gasteiger partial charge in [0.15, 0.2) is 5.78 Å². The van der Waals surface area contributed by atoms with E-state index in [-0.39, 0.29) is 5.78 Å². The maximum atomic E-state index is 11.2.